The number of hydrogen-bond donors (Lipinski definition) is 1. The van der Waals surface area contributed by atoms with Gasteiger partial charge in [-0.05, 0) is 47.9 Å². The number of nitrogens with zero attached hydrogens (tertiary/aromatic N) is 1. The topological polar surface area (TPSA) is 42.0 Å². The third kappa shape index (κ3) is 2.78. The molecule has 4 aromatic rings. The lowest BCUT2D eigenvalue weighted by atomic mass is 9.86. The van der Waals surface area contributed by atoms with Crippen molar-refractivity contribution < 1.29 is 4.79 Å². The van der Waals surface area contributed by atoms with Crippen molar-refractivity contribution in [2.75, 3.05) is 5.32 Å². The highest BCUT2D eigenvalue weighted by Crippen LogP contribution is 2.48. The zero-order valence-corrected chi connectivity index (χ0v) is 17.5. The van der Waals surface area contributed by atoms with Gasteiger partial charge in [0.15, 0.2) is 5.78 Å². The smallest absolute Gasteiger partial charge is 0.177 e. The van der Waals surface area contributed by atoms with Gasteiger partial charge in [0, 0.05) is 17.5 Å². The summed E-state index contributed by atoms with van der Waals surface area (Å²) in [5, 5.41) is 4.87. The highest BCUT2D eigenvalue weighted by Gasteiger charge is 2.32. The Morgan fingerprint density at radius 1 is 0.933 bits per heavy atom. The van der Waals surface area contributed by atoms with Crippen LogP contribution in [0.25, 0.3) is 21.3 Å². The average molecular weight is 411 g/mol. The fourth-order valence-corrected chi connectivity index (χ4v) is 6.05. The van der Waals surface area contributed by atoms with E-state index in [0.29, 0.717) is 6.42 Å². The molecule has 30 heavy (non-hydrogen) atoms. The Morgan fingerprint density at radius 2 is 1.67 bits per heavy atom. The molecule has 2 aromatic carbocycles. The number of aromatic nitrogens is 1. The van der Waals surface area contributed by atoms with E-state index in [1.54, 1.807) is 11.3 Å². The Morgan fingerprint density at radius 3 is 2.47 bits per heavy atom. The molecule has 1 atom stereocenters. The molecule has 3 heterocycles. The van der Waals surface area contributed by atoms with Gasteiger partial charge in [-0.3, -0.25) is 4.79 Å². The summed E-state index contributed by atoms with van der Waals surface area (Å²) >= 11 is 1.56. The summed E-state index contributed by atoms with van der Waals surface area (Å²) in [6.45, 7) is 0. The van der Waals surface area contributed by atoms with Gasteiger partial charge in [-0.2, -0.15) is 0 Å². The lowest BCUT2D eigenvalue weighted by Crippen LogP contribution is -2.21. The number of carbonyl (C=O) groups is 1. The quantitative estimate of drug-likeness (QED) is 0.406. The number of rotatable bonds is 2. The molecular formula is C26H22N2OS. The molecule has 2 aromatic heterocycles. The van der Waals surface area contributed by atoms with Gasteiger partial charge in [0.2, 0.25) is 0 Å². The second-order valence-corrected chi connectivity index (χ2v) is 9.21. The highest BCUT2D eigenvalue weighted by molar-refractivity contribution is 7.21. The van der Waals surface area contributed by atoms with Gasteiger partial charge in [-0.1, -0.05) is 60.7 Å². The van der Waals surface area contributed by atoms with E-state index in [9.17, 15) is 4.79 Å². The number of nitrogens with one attached hydrogen (secondary N) is 1. The number of ketones is 1. The first-order valence-corrected chi connectivity index (χ1v) is 11.5. The molecule has 148 valence electrons. The van der Waals surface area contributed by atoms with Gasteiger partial charge in [0.25, 0.3) is 0 Å². The van der Waals surface area contributed by atoms with Crippen LogP contribution < -0.4 is 5.32 Å². The van der Waals surface area contributed by atoms with E-state index >= 15 is 0 Å². The minimum atomic E-state index is 0.00338. The van der Waals surface area contributed by atoms with Crippen LogP contribution in [0.4, 0.5) is 5.69 Å². The molecule has 0 spiro atoms. The summed E-state index contributed by atoms with van der Waals surface area (Å²) < 4.78 is 0. The van der Waals surface area contributed by atoms with Crippen LogP contribution in [0.3, 0.4) is 0 Å². The summed E-state index contributed by atoms with van der Waals surface area (Å²) in [5.41, 5.74) is 7.24. The summed E-state index contributed by atoms with van der Waals surface area (Å²) in [4.78, 5) is 20.0. The second-order valence-electron chi connectivity index (χ2n) is 8.21. The Kier molecular flexibility index (Phi) is 4.20. The molecule has 3 nitrogen and oxygen atoms in total. The third-order valence-electron chi connectivity index (χ3n) is 6.34. The van der Waals surface area contributed by atoms with Gasteiger partial charge < -0.3 is 5.32 Å². The summed E-state index contributed by atoms with van der Waals surface area (Å²) in [7, 11) is 0. The predicted octanol–water partition coefficient (Wildman–Crippen LogP) is 6.58. The van der Waals surface area contributed by atoms with Crippen LogP contribution in [0.1, 0.15) is 51.8 Å². The minimum Gasteiger partial charge on any atom is -0.376 e. The van der Waals surface area contributed by atoms with Crippen LogP contribution >= 0.6 is 11.3 Å². The van der Waals surface area contributed by atoms with E-state index in [-0.39, 0.29) is 11.8 Å². The Balaban J connectivity index is 1.62. The number of carbonyl (C=O) groups excluding carboxylic acids is 1. The number of aryl methyl sites for hydroxylation is 1. The van der Waals surface area contributed by atoms with Gasteiger partial charge in [0.1, 0.15) is 4.83 Å². The first-order chi connectivity index (χ1) is 14.8. The summed E-state index contributed by atoms with van der Waals surface area (Å²) in [6.07, 6.45) is 4.97. The van der Waals surface area contributed by atoms with Gasteiger partial charge in [-0.25, -0.2) is 4.98 Å². The molecule has 0 bridgehead atoms. The van der Waals surface area contributed by atoms with Crippen LogP contribution in [0, 0.1) is 0 Å². The molecule has 2 aliphatic rings. The second kappa shape index (κ2) is 7.06. The van der Waals surface area contributed by atoms with E-state index < -0.39 is 0 Å². The molecular weight excluding hydrogens is 388 g/mol. The summed E-state index contributed by atoms with van der Waals surface area (Å²) in [5.74, 6) is 0.220. The fourth-order valence-electron chi connectivity index (χ4n) is 4.93. The van der Waals surface area contributed by atoms with Crippen LogP contribution in [0.2, 0.25) is 0 Å². The SMILES string of the molecule is O=C1CC(c2ccccc2)Nc2c1sc1nc3c(c(-c4ccccc4)c21)CCCC3. The molecule has 6 rings (SSSR count). The Labute approximate surface area is 179 Å². The molecule has 1 N–H and O–H groups in total. The van der Waals surface area contributed by atoms with Crippen molar-refractivity contribution in [1.82, 2.24) is 4.98 Å². The third-order valence-corrected chi connectivity index (χ3v) is 7.47. The normalized spacial score (nSPS) is 18.0. The predicted molar refractivity (Wildman–Crippen MR) is 123 cm³/mol. The number of benzene rings is 2. The number of Topliss-reactive ketones (excluding diaryl/α,β-unsaturated/α-hetero) is 1. The van der Waals surface area contributed by atoms with E-state index in [1.807, 2.05) is 18.2 Å². The van der Waals surface area contributed by atoms with E-state index in [1.165, 1.54) is 35.2 Å². The molecule has 0 amide bonds. The van der Waals surface area contributed by atoms with Crippen molar-refractivity contribution in [3.8, 4) is 11.1 Å². The van der Waals surface area contributed by atoms with Crippen molar-refractivity contribution in [3.63, 3.8) is 0 Å². The first kappa shape index (κ1) is 17.8. The van der Waals surface area contributed by atoms with Crippen LogP contribution in [0.15, 0.2) is 60.7 Å². The standard InChI is InChI=1S/C26H22N2OS/c29-21-15-20(16-9-3-1-4-10-16)27-24-23-22(17-11-5-2-6-12-17)18-13-7-8-14-19(18)28-26(23)30-25(21)24/h1-6,9-12,20,27H,7-8,13-15H2. The minimum absolute atomic E-state index is 0.00338. The van der Waals surface area contributed by atoms with Gasteiger partial charge >= 0.3 is 0 Å². The fraction of sp³-hybridized carbons (Fsp3) is 0.231. The lowest BCUT2D eigenvalue weighted by Gasteiger charge is -2.26. The zero-order chi connectivity index (χ0) is 20.1. The van der Waals surface area contributed by atoms with Crippen molar-refractivity contribution in [1.29, 1.82) is 0 Å². The lowest BCUT2D eigenvalue weighted by molar-refractivity contribution is 0.0976. The summed E-state index contributed by atoms with van der Waals surface area (Å²) in [6, 6.07) is 20.9. The largest absolute Gasteiger partial charge is 0.376 e. The van der Waals surface area contributed by atoms with Crippen molar-refractivity contribution in [2.24, 2.45) is 0 Å². The molecule has 0 radical (unpaired) electrons. The van der Waals surface area contributed by atoms with E-state index in [4.69, 9.17) is 4.98 Å². The number of thiophene rings is 1. The molecule has 0 fully saturated rings. The van der Waals surface area contributed by atoms with Gasteiger partial charge in [0.05, 0.1) is 16.6 Å². The molecule has 1 aliphatic heterocycles. The van der Waals surface area contributed by atoms with Crippen LogP contribution in [-0.2, 0) is 12.8 Å². The maximum absolute atomic E-state index is 13.2. The number of hydrogen-bond acceptors (Lipinski definition) is 4. The number of anilines is 1. The molecule has 0 saturated carbocycles. The van der Waals surface area contributed by atoms with Crippen molar-refractivity contribution in [2.45, 2.75) is 38.1 Å². The van der Waals surface area contributed by atoms with Crippen molar-refractivity contribution >= 4 is 33.0 Å². The first-order valence-electron chi connectivity index (χ1n) is 10.7. The average Bonchev–Trinajstić information content (AvgIpc) is 3.17. The maximum atomic E-state index is 13.2. The Hall–Kier alpha value is -2.98. The Bertz CT molecular complexity index is 1260. The molecule has 1 unspecified atom stereocenters. The molecule has 0 saturated heterocycles. The number of fused-ring (bicyclic) bond motifs is 4. The van der Waals surface area contributed by atoms with Gasteiger partial charge in [-0.15, -0.1) is 11.3 Å². The van der Waals surface area contributed by atoms with Crippen LogP contribution in [0.5, 0.6) is 0 Å². The monoisotopic (exact) mass is 410 g/mol. The molecule has 4 heteroatoms. The highest BCUT2D eigenvalue weighted by atomic mass is 32.1. The molecule has 1 aliphatic carbocycles. The number of pyridine rings is 1. The van der Waals surface area contributed by atoms with E-state index in [0.717, 1.165) is 39.2 Å². The van der Waals surface area contributed by atoms with Crippen molar-refractivity contribution in [3.05, 3.63) is 82.4 Å². The van der Waals surface area contributed by atoms with Crippen LogP contribution in [-0.4, -0.2) is 10.8 Å². The maximum Gasteiger partial charge on any atom is 0.177 e. The zero-order valence-electron chi connectivity index (χ0n) is 16.7. The van der Waals surface area contributed by atoms with E-state index in [2.05, 4.69) is 47.8 Å².